The minimum atomic E-state index is -1.68. The standard InChI is InChI=1S/C18H12ClNO6S/c19-9-1-3-13-11(5-9)12(14(21)6-15(22)17(23)24)8-20(13)7-10-2-4-16(27-10)18(25)26/h1-6,8,21H,7H2,(H,23,24)(H,25,26). The molecule has 3 N–H and O–H groups in total. The van der Waals surface area contributed by atoms with Gasteiger partial charge in [-0.05, 0) is 30.3 Å². The van der Waals surface area contributed by atoms with Gasteiger partial charge in [0.15, 0.2) is 0 Å². The number of carbonyl (C=O) groups is 3. The fraction of sp³-hybridized carbons (Fsp3) is 0.0556. The van der Waals surface area contributed by atoms with Gasteiger partial charge in [0.2, 0.25) is 0 Å². The van der Waals surface area contributed by atoms with E-state index in [-0.39, 0.29) is 10.4 Å². The minimum absolute atomic E-state index is 0.208. The number of aliphatic hydroxyl groups is 1. The van der Waals surface area contributed by atoms with Crippen LogP contribution in [0.15, 0.2) is 42.6 Å². The van der Waals surface area contributed by atoms with E-state index in [1.165, 1.54) is 6.07 Å². The van der Waals surface area contributed by atoms with E-state index in [2.05, 4.69) is 0 Å². The molecule has 0 amide bonds. The Bertz CT molecular complexity index is 1110. The highest BCUT2D eigenvalue weighted by Gasteiger charge is 2.17. The van der Waals surface area contributed by atoms with Gasteiger partial charge >= 0.3 is 11.9 Å². The number of halogens is 1. The monoisotopic (exact) mass is 405 g/mol. The summed E-state index contributed by atoms with van der Waals surface area (Å²) in [5.41, 5.74) is 0.930. The first-order chi connectivity index (χ1) is 12.8. The van der Waals surface area contributed by atoms with Crippen molar-refractivity contribution in [1.82, 2.24) is 4.57 Å². The van der Waals surface area contributed by atoms with Crippen molar-refractivity contribution < 1.29 is 29.7 Å². The lowest BCUT2D eigenvalue weighted by atomic mass is 10.1. The molecule has 138 valence electrons. The maximum absolute atomic E-state index is 11.4. The Balaban J connectivity index is 2.07. The fourth-order valence-electron chi connectivity index (χ4n) is 2.61. The van der Waals surface area contributed by atoms with Crippen LogP contribution >= 0.6 is 22.9 Å². The second-order valence-corrected chi connectivity index (χ2v) is 7.21. The quantitative estimate of drug-likeness (QED) is 0.327. The number of benzene rings is 1. The lowest BCUT2D eigenvalue weighted by Gasteiger charge is -2.03. The molecule has 0 spiro atoms. The number of carbonyl (C=O) groups excluding carboxylic acids is 1. The van der Waals surface area contributed by atoms with Crippen LogP contribution in [-0.4, -0.2) is 37.6 Å². The number of aromatic carboxylic acids is 1. The van der Waals surface area contributed by atoms with Crippen molar-refractivity contribution in [2.45, 2.75) is 6.54 Å². The molecule has 0 aliphatic carbocycles. The molecule has 0 aliphatic heterocycles. The molecule has 1 aromatic carbocycles. The Morgan fingerprint density at radius 2 is 1.85 bits per heavy atom. The van der Waals surface area contributed by atoms with Gasteiger partial charge in [0, 0.05) is 38.6 Å². The number of rotatable bonds is 6. The Kier molecular flexibility index (Phi) is 5.02. The van der Waals surface area contributed by atoms with E-state index in [1.807, 2.05) is 0 Å². The molecule has 3 aromatic rings. The van der Waals surface area contributed by atoms with Crippen LogP contribution in [0.3, 0.4) is 0 Å². The summed E-state index contributed by atoms with van der Waals surface area (Å²) in [5, 5.41) is 28.9. The number of thiophene rings is 1. The van der Waals surface area contributed by atoms with E-state index in [0.29, 0.717) is 28.5 Å². The Labute approximate surface area is 161 Å². The summed E-state index contributed by atoms with van der Waals surface area (Å²) in [6.45, 7) is 0.330. The number of carboxylic acids is 2. The molecule has 0 saturated heterocycles. The van der Waals surface area contributed by atoms with Crippen molar-refractivity contribution in [2.24, 2.45) is 0 Å². The van der Waals surface area contributed by atoms with Gasteiger partial charge in [-0.3, -0.25) is 4.79 Å². The summed E-state index contributed by atoms with van der Waals surface area (Å²) < 4.78 is 1.76. The highest BCUT2D eigenvalue weighted by molar-refractivity contribution is 7.13. The zero-order valence-electron chi connectivity index (χ0n) is 13.5. The molecule has 27 heavy (non-hydrogen) atoms. The molecule has 0 saturated carbocycles. The molecule has 0 atom stereocenters. The average molecular weight is 406 g/mol. The van der Waals surface area contributed by atoms with Crippen molar-refractivity contribution >= 4 is 57.3 Å². The third-order valence-corrected chi connectivity index (χ3v) is 5.09. The molecule has 7 nitrogen and oxygen atoms in total. The van der Waals surface area contributed by atoms with Crippen molar-refractivity contribution in [3.8, 4) is 0 Å². The van der Waals surface area contributed by atoms with E-state index in [4.69, 9.17) is 21.8 Å². The number of carboxylic acid groups (broad SMARTS) is 2. The smallest absolute Gasteiger partial charge is 0.376 e. The van der Waals surface area contributed by atoms with Crippen LogP contribution in [0.2, 0.25) is 5.02 Å². The SMILES string of the molecule is O=C(O)C(=O)C=C(O)c1cn(Cc2ccc(C(=O)O)s2)c2ccc(Cl)cc12. The number of aromatic nitrogens is 1. The van der Waals surface area contributed by atoms with Crippen LogP contribution in [0.5, 0.6) is 0 Å². The molecule has 0 aliphatic rings. The second kappa shape index (κ2) is 7.26. The van der Waals surface area contributed by atoms with E-state index in [1.54, 1.807) is 35.0 Å². The Hall–Kier alpha value is -3.10. The number of nitrogens with zero attached hydrogens (tertiary/aromatic N) is 1. The predicted molar refractivity (Wildman–Crippen MR) is 101 cm³/mol. The molecule has 0 unspecified atom stereocenters. The van der Waals surface area contributed by atoms with E-state index >= 15 is 0 Å². The summed E-state index contributed by atoms with van der Waals surface area (Å²) in [5.74, 6) is -4.43. The van der Waals surface area contributed by atoms with Crippen LogP contribution in [0, 0.1) is 0 Å². The van der Waals surface area contributed by atoms with E-state index < -0.39 is 23.5 Å². The average Bonchev–Trinajstić information content (AvgIpc) is 3.20. The predicted octanol–water partition coefficient (Wildman–Crippen LogP) is 3.66. The number of hydrogen-bond acceptors (Lipinski definition) is 5. The van der Waals surface area contributed by atoms with Crippen molar-refractivity contribution in [2.75, 3.05) is 0 Å². The zero-order valence-corrected chi connectivity index (χ0v) is 15.1. The van der Waals surface area contributed by atoms with Crippen LogP contribution in [0.1, 0.15) is 20.1 Å². The lowest BCUT2D eigenvalue weighted by Crippen LogP contribution is -2.09. The Morgan fingerprint density at radius 1 is 1.11 bits per heavy atom. The first kappa shape index (κ1) is 18.7. The topological polar surface area (TPSA) is 117 Å². The van der Waals surface area contributed by atoms with Crippen LogP contribution in [-0.2, 0) is 16.1 Å². The molecular formula is C18H12ClNO6S. The van der Waals surface area contributed by atoms with Crippen LogP contribution < -0.4 is 0 Å². The fourth-order valence-corrected chi connectivity index (χ4v) is 3.63. The van der Waals surface area contributed by atoms with Gasteiger partial charge in [0.25, 0.3) is 5.78 Å². The van der Waals surface area contributed by atoms with Gasteiger partial charge in [-0.15, -0.1) is 11.3 Å². The molecular weight excluding hydrogens is 394 g/mol. The van der Waals surface area contributed by atoms with Gasteiger partial charge in [0.1, 0.15) is 10.6 Å². The summed E-state index contributed by atoms with van der Waals surface area (Å²) >= 11 is 7.15. The first-order valence-electron chi connectivity index (χ1n) is 7.55. The summed E-state index contributed by atoms with van der Waals surface area (Å²) in [4.78, 5) is 34.1. The summed E-state index contributed by atoms with van der Waals surface area (Å²) in [6.07, 6.45) is 2.19. The van der Waals surface area contributed by atoms with Gasteiger partial charge in [-0.1, -0.05) is 11.6 Å². The van der Waals surface area contributed by atoms with E-state index in [0.717, 1.165) is 16.2 Å². The summed E-state index contributed by atoms with van der Waals surface area (Å²) in [6, 6.07) is 8.17. The van der Waals surface area contributed by atoms with Crippen LogP contribution in [0.25, 0.3) is 16.7 Å². The maximum atomic E-state index is 11.4. The number of aliphatic carboxylic acids is 1. The van der Waals surface area contributed by atoms with E-state index in [9.17, 15) is 19.5 Å². The Morgan fingerprint density at radius 3 is 2.48 bits per heavy atom. The number of aliphatic hydroxyl groups excluding tert-OH is 1. The van der Waals surface area contributed by atoms with Gasteiger partial charge < -0.3 is 19.9 Å². The molecule has 3 rings (SSSR count). The number of fused-ring (bicyclic) bond motifs is 1. The lowest BCUT2D eigenvalue weighted by molar-refractivity contribution is -0.146. The molecule has 2 aromatic heterocycles. The normalized spacial score (nSPS) is 11.7. The minimum Gasteiger partial charge on any atom is -0.507 e. The second-order valence-electron chi connectivity index (χ2n) is 5.60. The van der Waals surface area contributed by atoms with Crippen molar-refractivity contribution in [3.63, 3.8) is 0 Å². The number of hydrogen-bond donors (Lipinski definition) is 3. The third kappa shape index (κ3) is 3.86. The summed E-state index contributed by atoms with van der Waals surface area (Å²) in [7, 11) is 0. The molecule has 0 fully saturated rings. The largest absolute Gasteiger partial charge is 0.507 e. The van der Waals surface area contributed by atoms with Gasteiger partial charge in [-0.25, -0.2) is 9.59 Å². The maximum Gasteiger partial charge on any atom is 0.376 e. The highest BCUT2D eigenvalue weighted by Crippen LogP contribution is 2.30. The third-order valence-electron chi connectivity index (χ3n) is 3.80. The molecule has 9 heteroatoms. The zero-order chi connectivity index (χ0) is 19.7. The van der Waals surface area contributed by atoms with Crippen molar-refractivity contribution in [1.29, 1.82) is 0 Å². The first-order valence-corrected chi connectivity index (χ1v) is 8.74. The van der Waals surface area contributed by atoms with Gasteiger partial charge in [-0.2, -0.15) is 0 Å². The molecule has 0 radical (unpaired) electrons. The van der Waals surface area contributed by atoms with Crippen molar-refractivity contribution in [3.05, 3.63) is 62.9 Å². The number of ketones is 1. The molecule has 2 heterocycles. The molecule has 0 bridgehead atoms. The highest BCUT2D eigenvalue weighted by atomic mass is 35.5. The van der Waals surface area contributed by atoms with Crippen LogP contribution in [0.4, 0.5) is 0 Å². The van der Waals surface area contributed by atoms with Gasteiger partial charge in [0.05, 0.1) is 6.54 Å².